The predicted octanol–water partition coefficient (Wildman–Crippen LogP) is 4.55. The Labute approximate surface area is 147 Å². The lowest BCUT2D eigenvalue weighted by molar-refractivity contribution is -0.114. The molecular formula is C22H36O2. The second-order valence-corrected chi connectivity index (χ2v) is 10.2. The number of fused-ring (bicyclic) bond motifs is 5. The van der Waals surface area contributed by atoms with E-state index < -0.39 is 0 Å². The molecule has 4 aliphatic rings. The molecule has 3 saturated carbocycles. The zero-order valence-electron chi connectivity index (χ0n) is 16.0. The van der Waals surface area contributed by atoms with Crippen LogP contribution in [0, 0.1) is 40.4 Å². The van der Waals surface area contributed by atoms with E-state index in [4.69, 9.17) is 0 Å². The molecule has 0 bridgehead atoms. The van der Waals surface area contributed by atoms with Crippen molar-refractivity contribution < 1.29 is 10.2 Å². The quantitative estimate of drug-likeness (QED) is 0.691. The minimum absolute atomic E-state index is 0.199. The van der Waals surface area contributed by atoms with Crippen LogP contribution in [0.4, 0.5) is 0 Å². The Hall–Kier alpha value is -0.340. The summed E-state index contributed by atoms with van der Waals surface area (Å²) in [6, 6.07) is 0. The maximum atomic E-state index is 11.1. The van der Waals surface area contributed by atoms with Crippen LogP contribution in [-0.2, 0) is 0 Å². The normalized spacial score (nSPS) is 54.0. The van der Waals surface area contributed by atoms with Gasteiger partial charge in [-0.1, -0.05) is 39.3 Å². The molecule has 0 aromatic carbocycles. The van der Waals surface area contributed by atoms with Crippen molar-refractivity contribution in [3.63, 3.8) is 0 Å². The Morgan fingerprint density at radius 2 is 1.75 bits per heavy atom. The van der Waals surface area contributed by atoms with E-state index >= 15 is 0 Å². The van der Waals surface area contributed by atoms with Gasteiger partial charge in [-0.25, -0.2) is 0 Å². The fourth-order valence-electron chi connectivity index (χ4n) is 7.81. The second-order valence-electron chi connectivity index (χ2n) is 10.2. The van der Waals surface area contributed by atoms with Gasteiger partial charge in [0, 0.05) is 0 Å². The van der Waals surface area contributed by atoms with Crippen LogP contribution in [-0.4, -0.2) is 22.4 Å². The molecule has 2 unspecified atom stereocenters. The van der Waals surface area contributed by atoms with Crippen LogP contribution in [0.5, 0.6) is 0 Å². The Morgan fingerprint density at radius 3 is 2.46 bits per heavy atom. The van der Waals surface area contributed by atoms with Gasteiger partial charge in [-0.15, -0.1) is 0 Å². The summed E-state index contributed by atoms with van der Waals surface area (Å²) in [4.78, 5) is 0. The molecular weight excluding hydrogens is 296 g/mol. The van der Waals surface area contributed by atoms with Gasteiger partial charge in [0.05, 0.1) is 12.2 Å². The molecule has 0 amide bonds. The summed E-state index contributed by atoms with van der Waals surface area (Å²) < 4.78 is 0. The summed E-state index contributed by atoms with van der Waals surface area (Å²) in [6.45, 7) is 9.76. The van der Waals surface area contributed by atoms with Crippen LogP contribution in [0.1, 0.15) is 72.6 Å². The van der Waals surface area contributed by atoms with Crippen LogP contribution < -0.4 is 0 Å². The van der Waals surface area contributed by atoms with Crippen LogP contribution >= 0.6 is 0 Å². The number of aliphatic hydroxyl groups is 2. The first-order valence-corrected chi connectivity index (χ1v) is 10.3. The fraction of sp³-hybridized carbons (Fsp3) is 0.909. The number of aliphatic hydroxyl groups excluding tert-OH is 2. The third-order valence-electron chi connectivity index (χ3n) is 8.99. The summed E-state index contributed by atoms with van der Waals surface area (Å²) in [5.74, 6) is 3.37. The zero-order valence-corrected chi connectivity index (χ0v) is 16.0. The molecule has 0 radical (unpaired) electrons. The van der Waals surface area contributed by atoms with Gasteiger partial charge in [-0.2, -0.15) is 0 Å². The number of rotatable bonds is 1. The lowest BCUT2D eigenvalue weighted by Gasteiger charge is -2.60. The molecule has 0 aromatic heterocycles. The van der Waals surface area contributed by atoms with Gasteiger partial charge in [0.25, 0.3) is 0 Å². The van der Waals surface area contributed by atoms with E-state index in [2.05, 4.69) is 33.8 Å². The molecule has 8 atom stereocenters. The summed E-state index contributed by atoms with van der Waals surface area (Å²) in [5, 5.41) is 21.2. The van der Waals surface area contributed by atoms with E-state index in [0.29, 0.717) is 23.2 Å². The Kier molecular flexibility index (Phi) is 3.97. The predicted molar refractivity (Wildman–Crippen MR) is 97.4 cm³/mol. The number of hydrogen-bond acceptors (Lipinski definition) is 2. The van der Waals surface area contributed by atoms with Crippen molar-refractivity contribution in [1.82, 2.24) is 0 Å². The van der Waals surface area contributed by atoms with Crippen molar-refractivity contribution in [2.45, 2.75) is 84.8 Å². The molecule has 2 heteroatoms. The van der Waals surface area contributed by atoms with Gasteiger partial charge < -0.3 is 10.2 Å². The monoisotopic (exact) mass is 332 g/mol. The fourth-order valence-corrected chi connectivity index (χ4v) is 7.81. The van der Waals surface area contributed by atoms with Crippen LogP contribution in [0.3, 0.4) is 0 Å². The summed E-state index contributed by atoms with van der Waals surface area (Å²) in [5.41, 5.74) is 2.01. The first-order chi connectivity index (χ1) is 11.3. The van der Waals surface area contributed by atoms with E-state index in [0.717, 1.165) is 31.1 Å². The molecule has 0 saturated heterocycles. The summed E-state index contributed by atoms with van der Waals surface area (Å²) >= 11 is 0. The van der Waals surface area contributed by atoms with Gasteiger partial charge in [0.1, 0.15) is 0 Å². The van der Waals surface area contributed by atoms with Crippen molar-refractivity contribution in [2.75, 3.05) is 0 Å². The van der Waals surface area contributed by atoms with Crippen LogP contribution in [0.15, 0.2) is 11.6 Å². The van der Waals surface area contributed by atoms with E-state index in [9.17, 15) is 10.2 Å². The van der Waals surface area contributed by atoms with Crippen molar-refractivity contribution in [2.24, 2.45) is 40.4 Å². The Balaban J connectivity index is 1.69. The van der Waals surface area contributed by atoms with E-state index in [1.807, 2.05) is 0 Å². The molecule has 24 heavy (non-hydrogen) atoms. The lowest BCUT2D eigenvalue weighted by Crippen LogP contribution is -2.55. The Morgan fingerprint density at radius 1 is 1.00 bits per heavy atom. The third-order valence-corrected chi connectivity index (χ3v) is 8.99. The molecule has 0 spiro atoms. The highest BCUT2D eigenvalue weighted by atomic mass is 16.3. The van der Waals surface area contributed by atoms with Crippen molar-refractivity contribution in [3.8, 4) is 0 Å². The molecule has 3 fully saturated rings. The SMILES string of the molecule is CC(C)[C@H]1CC[C@H]2C3[C@H](O)CC4=CC(O)CC[C@]4(C)[C@H]3CC[C@]12C. The van der Waals surface area contributed by atoms with Gasteiger partial charge in [-0.3, -0.25) is 0 Å². The van der Waals surface area contributed by atoms with Crippen molar-refractivity contribution in [1.29, 1.82) is 0 Å². The van der Waals surface area contributed by atoms with Gasteiger partial charge >= 0.3 is 0 Å². The zero-order chi connectivity index (χ0) is 17.3. The molecule has 2 N–H and O–H groups in total. The van der Waals surface area contributed by atoms with Gasteiger partial charge in [0.2, 0.25) is 0 Å². The lowest BCUT2D eigenvalue weighted by atomic mass is 9.45. The molecule has 0 aromatic rings. The summed E-state index contributed by atoms with van der Waals surface area (Å²) in [6.07, 6.45) is 9.67. The molecule has 0 aliphatic heterocycles. The highest BCUT2D eigenvalue weighted by Gasteiger charge is 2.61. The van der Waals surface area contributed by atoms with Gasteiger partial charge in [0.15, 0.2) is 0 Å². The first kappa shape index (κ1) is 17.1. The molecule has 4 rings (SSSR count). The van der Waals surface area contributed by atoms with Crippen molar-refractivity contribution >= 4 is 0 Å². The smallest absolute Gasteiger partial charge is 0.0724 e. The minimum Gasteiger partial charge on any atom is -0.392 e. The largest absolute Gasteiger partial charge is 0.392 e. The third kappa shape index (κ3) is 2.21. The molecule has 136 valence electrons. The molecule has 2 nitrogen and oxygen atoms in total. The van der Waals surface area contributed by atoms with Crippen LogP contribution in [0.25, 0.3) is 0 Å². The topological polar surface area (TPSA) is 40.5 Å². The highest BCUT2D eigenvalue weighted by molar-refractivity contribution is 5.27. The standard InChI is InChI=1S/C22H36O2/c1-13(2)16-5-6-17-20-18(8-10-22(16,17)4)21(3)9-7-15(23)11-14(21)12-19(20)24/h11,13,15-20,23-24H,5-10,12H2,1-4H3/t15?,16-,17+,18+,19-,20?,21+,22-/m1/s1. The maximum Gasteiger partial charge on any atom is 0.0724 e. The number of hydrogen-bond donors (Lipinski definition) is 2. The molecule has 0 heterocycles. The molecule has 4 aliphatic carbocycles. The second kappa shape index (κ2) is 5.58. The van der Waals surface area contributed by atoms with E-state index in [-0.39, 0.29) is 17.6 Å². The van der Waals surface area contributed by atoms with Crippen LogP contribution in [0.2, 0.25) is 0 Å². The van der Waals surface area contributed by atoms with Gasteiger partial charge in [-0.05, 0) is 85.4 Å². The average Bonchev–Trinajstić information content (AvgIpc) is 2.86. The average molecular weight is 333 g/mol. The maximum absolute atomic E-state index is 11.1. The highest BCUT2D eigenvalue weighted by Crippen LogP contribution is 2.67. The summed E-state index contributed by atoms with van der Waals surface area (Å²) in [7, 11) is 0. The minimum atomic E-state index is -0.289. The van der Waals surface area contributed by atoms with E-state index in [1.165, 1.54) is 31.3 Å². The van der Waals surface area contributed by atoms with Crippen molar-refractivity contribution in [3.05, 3.63) is 11.6 Å². The first-order valence-electron chi connectivity index (χ1n) is 10.3. The van der Waals surface area contributed by atoms with E-state index in [1.54, 1.807) is 0 Å². The Bertz CT molecular complexity index is 538.